The number of methoxy groups -OCH3 is 1. The van der Waals surface area contributed by atoms with E-state index in [1.54, 1.807) is 61.5 Å². The number of esters is 1. The lowest BCUT2D eigenvalue weighted by atomic mass is 9.83. The molecule has 3 amide bonds. The summed E-state index contributed by atoms with van der Waals surface area (Å²) in [5, 5.41) is 18.6. The molecule has 56 heavy (non-hydrogen) atoms. The van der Waals surface area contributed by atoms with Crippen LogP contribution in [0, 0.1) is 0 Å². The number of carbonyl (C=O) groups is 4. The molecule has 0 fully saturated rings. The third-order valence-electron chi connectivity index (χ3n) is 9.33. The standard InChI is InChI=1S/C44H43N3O7S2/c1-4-37(42(51)47-43-39(44(52)54-5-2)34-22-20-29(24-38(34)56-43)27-13-8-6-9-14-27)55-33-18-12-17-31(25-33)45-41(50)35(46-40(49)28-15-10-7-11-16-28)23-30-19-21-32(48)26-36(30)53-3/h6-19,21,23,25-26,29,37,48H,4-5,20,22,24H2,1-3H3,(H,45,50)(H,46,49)(H,47,51)/b35-23+. The molecule has 5 aromatic rings. The lowest BCUT2D eigenvalue weighted by molar-refractivity contribution is -0.116. The van der Waals surface area contributed by atoms with Crippen molar-refractivity contribution < 1.29 is 33.8 Å². The number of rotatable bonds is 14. The van der Waals surface area contributed by atoms with Gasteiger partial charge < -0.3 is 30.5 Å². The van der Waals surface area contributed by atoms with E-state index in [0.29, 0.717) is 45.5 Å². The summed E-state index contributed by atoms with van der Waals surface area (Å²) >= 11 is 2.79. The summed E-state index contributed by atoms with van der Waals surface area (Å²) in [6, 6.07) is 30.4. The molecule has 1 aromatic heterocycles. The molecular weight excluding hydrogens is 747 g/mol. The van der Waals surface area contributed by atoms with Gasteiger partial charge in [0.25, 0.3) is 11.8 Å². The molecule has 4 N–H and O–H groups in total. The Labute approximate surface area is 334 Å². The number of phenolic OH excluding ortho intramolecular Hbond substituents is 1. The molecule has 0 aliphatic heterocycles. The summed E-state index contributed by atoms with van der Waals surface area (Å²) in [7, 11) is 1.44. The van der Waals surface area contributed by atoms with Crippen LogP contribution >= 0.6 is 23.1 Å². The highest BCUT2D eigenvalue weighted by molar-refractivity contribution is 8.00. The van der Waals surface area contributed by atoms with Crippen LogP contribution in [0.4, 0.5) is 10.7 Å². The number of anilines is 2. The Balaban J connectivity index is 1.19. The number of fused-ring (bicyclic) bond motifs is 1. The number of thiophene rings is 1. The van der Waals surface area contributed by atoms with Crippen molar-refractivity contribution in [2.24, 2.45) is 0 Å². The molecular formula is C44H43N3O7S2. The normalized spacial score (nSPS) is 14.2. The molecule has 1 heterocycles. The second kappa shape index (κ2) is 18.7. The van der Waals surface area contributed by atoms with Crippen molar-refractivity contribution in [3.8, 4) is 11.5 Å². The molecule has 12 heteroatoms. The number of phenols is 1. The molecule has 1 aliphatic carbocycles. The van der Waals surface area contributed by atoms with Gasteiger partial charge in [-0.15, -0.1) is 23.1 Å². The Bertz CT molecular complexity index is 2240. The van der Waals surface area contributed by atoms with Crippen LogP contribution in [-0.2, 0) is 27.2 Å². The molecule has 1 aliphatic rings. The van der Waals surface area contributed by atoms with E-state index in [1.165, 1.54) is 54.0 Å². The monoisotopic (exact) mass is 789 g/mol. The van der Waals surface area contributed by atoms with Crippen molar-refractivity contribution in [3.63, 3.8) is 0 Å². The summed E-state index contributed by atoms with van der Waals surface area (Å²) < 4.78 is 10.9. The largest absolute Gasteiger partial charge is 0.508 e. The second-order valence-electron chi connectivity index (χ2n) is 13.1. The van der Waals surface area contributed by atoms with Gasteiger partial charge in [-0.25, -0.2) is 4.79 Å². The quantitative estimate of drug-likeness (QED) is 0.0497. The Morgan fingerprint density at radius 3 is 2.39 bits per heavy atom. The van der Waals surface area contributed by atoms with Crippen molar-refractivity contribution in [3.05, 3.63) is 142 Å². The zero-order chi connectivity index (χ0) is 39.6. The van der Waals surface area contributed by atoms with E-state index >= 15 is 0 Å². The van der Waals surface area contributed by atoms with Crippen LogP contribution in [0.15, 0.2) is 114 Å². The molecule has 2 atom stereocenters. The lowest BCUT2D eigenvalue weighted by Crippen LogP contribution is -2.30. The summed E-state index contributed by atoms with van der Waals surface area (Å²) in [6.45, 7) is 3.92. The average Bonchev–Trinajstić information content (AvgIpc) is 3.58. The van der Waals surface area contributed by atoms with Crippen LogP contribution in [0.1, 0.15) is 74.9 Å². The minimum absolute atomic E-state index is 0.0161. The summed E-state index contributed by atoms with van der Waals surface area (Å²) in [5.41, 5.74) is 3.87. The average molecular weight is 790 g/mol. The van der Waals surface area contributed by atoms with Crippen molar-refractivity contribution in [1.82, 2.24) is 5.32 Å². The van der Waals surface area contributed by atoms with Gasteiger partial charge in [0.1, 0.15) is 22.2 Å². The van der Waals surface area contributed by atoms with Gasteiger partial charge in [0.05, 0.1) is 24.5 Å². The predicted octanol–water partition coefficient (Wildman–Crippen LogP) is 8.83. The highest BCUT2D eigenvalue weighted by Crippen LogP contribution is 2.43. The first-order chi connectivity index (χ1) is 27.2. The van der Waals surface area contributed by atoms with Crippen molar-refractivity contribution in [1.29, 1.82) is 0 Å². The van der Waals surface area contributed by atoms with Crippen LogP contribution in [0.25, 0.3) is 6.08 Å². The van der Waals surface area contributed by atoms with E-state index < -0.39 is 23.0 Å². The molecule has 10 nitrogen and oxygen atoms in total. The van der Waals surface area contributed by atoms with Crippen LogP contribution in [-0.4, -0.2) is 47.8 Å². The van der Waals surface area contributed by atoms with Crippen LogP contribution in [0.3, 0.4) is 0 Å². The third-order valence-corrected chi connectivity index (χ3v) is 11.9. The van der Waals surface area contributed by atoms with Crippen molar-refractivity contribution in [2.75, 3.05) is 24.4 Å². The zero-order valence-electron chi connectivity index (χ0n) is 31.3. The minimum Gasteiger partial charge on any atom is -0.508 e. The first-order valence-electron chi connectivity index (χ1n) is 18.4. The highest BCUT2D eigenvalue weighted by atomic mass is 32.2. The van der Waals surface area contributed by atoms with E-state index in [0.717, 1.165) is 34.6 Å². The van der Waals surface area contributed by atoms with Gasteiger partial charge >= 0.3 is 5.97 Å². The highest BCUT2D eigenvalue weighted by Gasteiger charge is 2.32. The first kappa shape index (κ1) is 39.8. The van der Waals surface area contributed by atoms with Gasteiger partial charge in [0, 0.05) is 32.7 Å². The second-order valence-corrected chi connectivity index (χ2v) is 15.5. The Kier molecular flexibility index (Phi) is 13.3. The van der Waals surface area contributed by atoms with Gasteiger partial charge in [0.15, 0.2) is 0 Å². The van der Waals surface area contributed by atoms with Gasteiger partial charge in [-0.3, -0.25) is 14.4 Å². The molecule has 6 rings (SSSR count). The Morgan fingerprint density at radius 2 is 1.68 bits per heavy atom. The SMILES string of the molecule is CCOC(=O)c1c(NC(=O)C(CC)Sc2cccc(NC(=O)/C(=C\c3ccc(O)cc3OC)NC(=O)c3ccccc3)c2)sc2c1CCC(c1ccccc1)C2. The smallest absolute Gasteiger partial charge is 0.341 e. The number of carbonyl (C=O) groups excluding carboxylic acids is 4. The minimum atomic E-state index is -0.598. The topological polar surface area (TPSA) is 143 Å². The lowest BCUT2D eigenvalue weighted by Gasteiger charge is -2.23. The number of nitrogens with one attached hydrogen (secondary N) is 3. The molecule has 0 saturated carbocycles. The fourth-order valence-corrected chi connectivity index (χ4v) is 8.88. The molecule has 288 valence electrons. The fraction of sp³-hybridized carbons (Fsp3) is 0.227. The molecule has 4 aromatic carbocycles. The number of aromatic hydroxyl groups is 1. The van der Waals surface area contributed by atoms with Gasteiger partial charge in [-0.2, -0.15) is 0 Å². The van der Waals surface area contributed by atoms with E-state index in [9.17, 15) is 24.3 Å². The van der Waals surface area contributed by atoms with Gasteiger partial charge in [-0.05, 0) is 98.2 Å². The molecule has 0 radical (unpaired) electrons. The third kappa shape index (κ3) is 9.68. The molecule has 2 unspecified atom stereocenters. The van der Waals surface area contributed by atoms with E-state index in [4.69, 9.17) is 9.47 Å². The number of hydrogen-bond acceptors (Lipinski definition) is 9. The predicted molar refractivity (Wildman–Crippen MR) is 222 cm³/mol. The van der Waals surface area contributed by atoms with E-state index in [-0.39, 0.29) is 24.0 Å². The first-order valence-corrected chi connectivity index (χ1v) is 20.1. The number of amides is 3. The molecule has 0 spiro atoms. The Morgan fingerprint density at radius 1 is 0.929 bits per heavy atom. The van der Waals surface area contributed by atoms with E-state index in [1.807, 2.05) is 31.2 Å². The maximum atomic E-state index is 13.9. The zero-order valence-corrected chi connectivity index (χ0v) is 32.9. The Hall–Kier alpha value is -5.85. The molecule has 0 bridgehead atoms. The van der Waals surface area contributed by atoms with Crippen LogP contribution in [0.5, 0.6) is 11.5 Å². The number of benzene rings is 4. The van der Waals surface area contributed by atoms with Crippen molar-refractivity contribution >= 4 is 63.6 Å². The van der Waals surface area contributed by atoms with Crippen LogP contribution < -0.4 is 20.7 Å². The van der Waals surface area contributed by atoms with Gasteiger partial charge in [0.2, 0.25) is 5.91 Å². The van der Waals surface area contributed by atoms with Crippen molar-refractivity contribution in [2.45, 2.75) is 55.6 Å². The number of ether oxygens (including phenoxy) is 2. The van der Waals surface area contributed by atoms with E-state index in [2.05, 4.69) is 28.1 Å². The number of thioether (sulfide) groups is 1. The van der Waals surface area contributed by atoms with Crippen LogP contribution in [0.2, 0.25) is 0 Å². The maximum absolute atomic E-state index is 13.9. The van der Waals surface area contributed by atoms with Gasteiger partial charge in [-0.1, -0.05) is 61.5 Å². The summed E-state index contributed by atoms with van der Waals surface area (Å²) in [6.07, 6.45) is 4.37. The molecule has 0 saturated heterocycles. The summed E-state index contributed by atoms with van der Waals surface area (Å²) in [4.78, 5) is 55.9. The summed E-state index contributed by atoms with van der Waals surface area (Å²) in [5.74, 6) is -1.14. The maximum Gasteiger partial charge on any atom is 0.341 e. The fourth-order valence-electron chi connectivity index (χ4n) is 6.54. The number of hydrogen-bond donors (Lipinski definition) is 4.